The second-order valence-corrected chi connectivity index (χ2v) is 8.47. The van der Waals surface area contributed by atoms with Crippen LogP contribution in [0.4, 0.5) is 9.59 Å². The third-order valence-corrected chi connectivity index (χ3v) is 4.46. The van der Waals surface area contributed by atoms with Crippen LogP contribution in [-0.4, -0.2) is 72.3 Å². The summed E-state index contributed by atoms with van der Waals surface area (Å²) in [7, 11) is 0. The molecule has 1 saturated heterocycles. The Labute approximate surface area is 168 Å². The quantitative estimate of drug-likeness (QED) is 0.711. The maximum absolute atomic E-state index is 12.5. The molecule has 1 rings (SSSR count). The molecule has 8 nitrogen and oxygen atoms in total. The Bertz CT molecular complexity index is 530. The number of likely N-dealkylation sites (tertiary alicyclic amines) is 1. The highest BCUT2D eigenvalue weighted by Crippen LogP contribution is 2.21. The molecule has 1 heterocycles. The highest BCUT2D eigenvalue weighted by molar-refractivity contribution is 5.77. The van der Waals surface area contributed by atoms with Crippen molar-refractivity contribution >= 4 is 18.1 Å². The molecule has 1 atom stereocenters. The van der Waals surface area contributed by atoms with E-state index in [1.54, 1.807) is 11.8 Å². The molecule has 8 heteroatoms. The number of nitrogens with zero attached hydrogens (tertiary/aromatic N) is 2. The van der Waals surface area contributed by atoms with Crippen LogP contribution in [-0.2, 0) is 14.3 Å². The van der Waals surface area contributed by atoms with Crippen LogP contribution in [0, 0.1) is 5.92 Å². The summed E-state index contributed by atoms with van der Waals surface area (Å²) in [6.45, 7) is 13.7. The summed E-state index contributed by atoms with van der Waals surface area (Å²) in [5.74, 6) is 0.223. The van der Waals surface area contributed by atoms with Crippen LogP contribution in [0.2, 0.25) is 0 Å². The third-order valence-electron chi connectivity index (χ3n) is 4.46. The van der Waals surface area contributed by atoms with Crippen molar-refractivity contribution in [1.82, 2.24) is 15.1 Å². The Morgan fingerprint density at radius 1 is 1.25 bits per heavy atom. The van der Waals surface area contributed by atoms with Crippen molar-refractivity contribution in [1.29, 1.82) is 0 Å². The summed E-state index contributed by atoms with van der Waals surface area (Å²) >= 11 is 0. The number of nitrogens with one attached hydrogen (secondary N) is 1. The molecule has 0 aromatic rings. The third kappa shape index (κ3) is 8.80. The second-order valence-electron chi connectivity index (χ2n) is 8.47. The van der Waals surface area contributed by atoms with Gasteiger partial charge >= 0.3 is 12.2 Å². The van der Waals surface area contributed by atoms with Crippen LogP contribution < -0.4 is 5.32 Å². The number of carbonyl (C=O) groups is 3. The second kappa shape index (κ2) is 11.1. The molecule has 3 amide bonds. The topological polar surface area (TPSA) is 88.2 Å². The van der Waals surface area contributed by atoms with Gasteiger partial charge in [-0.05, 0) is 60.3 Å². The van der Waals surface area contributed by atoms with Crippen molar-refractivity contribution in [3.05, 3.63) is 0 Å². The molecule has 0 aromatic carbocycles. The van der Waals surface area contributed by atoms with Gasteiger partial charge < -0.3 is 24.6 Å². The molecule has 0 spiro atoms. The molecule has 0 saturated carbocycles. The van der Waals surface area contributed by atoms with Crippen molar-refractivity contribution in [2.45, 2.75) is 72.4 Å². The first-order chi connectivity index (χ1) is 13.0. The number of amides is 3. The number of rotatable bonds is 7. The molecule has 0 radical (unpaired) electrons. The Balaban J connectivity index is 2.55. The lowest BCUT2D eigenvalue weighted by Crippen LogP contribution is -2.48. The molecule has 0 aliphatic carbocycles. The van der Waals surface area contributed by atoms with Gasteiger partial charge in [-0.1, -0.05) is 0 Å². The van der Waals surface area contributed by atoms with E-state index in [2.05, 4.69) is 5.32 Å². The van der Waals surface area contributed by atoms with Gasteiger partial charge in [0, 0.05) is 38.6 Å². The summed E-state index contributed by atoms with van der Waals surface area (Å²) in [5, 5.41) is 2.57. The van der Waals surface area contributed by atoms with Gasteiger partial charge in [0.05, 0.1) is 6.61 Å². The van der Waals surface area contributed by atoms with E-state index in [0.29, 0.717) is 26.2 Å². The Kier molecular flexibility index (Phi) is 9.55. The van der Waals surface area contributed by atoms with E-state index < -0.39 is 11.7 Å². The summed E-state index contributed by atoms with van der Waals surface area (Å²) in [6, 6.07) is 0.0229. The highest BCUT2D eigenvalue weighted by atomic mass is 16.6. The fraction of sp³-hybridized carbons (Fsp3) is 0.850. The van der Waals surface area contributed by atoms with Crippen molar-refractivity contribution in [3.8, 4) is 0 Å². The smallest absolute Gasteiger partial charge is 0.410 e. The zero-order valence-electron chi connectivity index (χ0n) is 18.2. The Hall–Kier alpha value is -1.99. The van der Waals surface area contributed by atoms with Crippen LogP contribution >= 0.6 is 0 Å². The van der Waals surface area contributed by atoms with Crippen LogP contribution in [0.25, 0.3) is 0 Å². The van der Waals surface area contributed by atoms with Gasteiger partial charge in [0.25, 0.3) is 0 Å². The van der Waals surface area contributed by atoms with Gasteiger partial charge in [0.1, 0.15) is 5.60 Å². The van der Waals surface area contributed by atoms with E-state index in [1.807, 2.05) is 39.5 Å². The number of hydrogen-bond acceptors (Lipinski definition) is 5. The lowest BCUT2D eigenvalue weighted by molar-refractivity contribution is -0.133. The lowest BCUT2D eigenvalue weighted by Gasteiger charge is -2.37. The average Bonchev–Trinajstić information content (AvgIpc) is 2.58. The minimum atomic E-state index is -0.537. The molecule has 0 aromatic heterocycles. The summed E-state index contributed by atoms with van der Waals surface area (Å²) < 4.78 is 10.3. The van der Waals surface area contributed by atoms with Crippen molar-refractivity contribution in [2.24, 2.45) is 5.92 Å². The summed E-state index contributed by atoms with van der Waals surface area (Å²) in [4.78, 5) is 39.8. The predicted molar refractivity (Wildman–Crippen MR) is 107 cm³/mol. The standard InChI is InChI=1S/C20H37N3O5/c1-7-27-18(25)21-11-10-17(24)22-12-8-9-16(13-22)14-23(15(2)3)19(26)28-20(4,5)6/h15-16H,7-14H2,1-6H3,(H,21,25). The maximum Gasteiger partial charge on any atom is 0.410 e. The average molecular weight is 400 g/mol. The fourth-order valence-electron chi connectivity index (χ4n) is 3.15. The predicted octanol–water partition coefficient (Wildman–Crippen LogP) is 3.01. The summed E-state index contributed by atoms with van der Waals surface area (Å²) in [5.41, 5.74) is -0.537. The normalized spacial score (nSPS) is 17.2. The van der Waals surface area contributed by atoms with Crippen LogP contribution in [0.1, 0.15) is 60.8 Å². The van der Waals surface area contributed by atoms with Crippen LogP contribution in [0.5, 0.6) is 0 Å². The van der Waals surface area contributed by atoms with E-state index >= 15 is 0 Å². The van der Waals surface area contributed by atoms with Gasteiger partial charge in [-0.25, -0.2) is 9.59 Å². The van der Waals surface area contributed by atoms with Gasteiger partial charge in [0.2, 0.25) is 5.91 Å². The van der Waals surface area contributed by atoms with E-state index in [1.165, 1.54) is 0 Å². The fourth-order valence-corrected chi connectivity index (χ4v) is 3.15. The minimum absolute atomic E-state index is 0.00913. The first-order valence-electron chi connectivity index (χ1n) is 10.2. The number of hydrogen-bond donors (Lipinski definition) is 1. The number of alkyl carbamates (subject to hydrolysis) is 1. The molecule has 1 unspecified atom stereocenters. The SMILES string of the molecule is CCOC(=O)NCCC(=O)N1CCCC(CN(C(=O)OC(C)(C)C)C(C)C)C1. The van der Waals surface area contributed by atoms with E-state index in [0.717, 1.165) is 12.8 Å². The van der Waals surface area contributed by atoms with Crippen molar-refractivity contribution in [2.75, 3.05) is 32.8 Å². The molecule has 0 bridgehead atoms. The Morgan fingerprint density at radius 2 is 1.93 bits per heavy atom. The van der Waals surface area contributed by atoms with E-state index in [-0.39, 0.29) is 36.9 Å². The monoisotopic (exact) mass is 399 g/mol. The molecule has 1 aliphatic rings. The van der Waals surface area contributed by atoms with E-state index in [9.17, 15) is 14.4 Å². The van der Waals surface area contributed by atoms with Crippen LogP contribution in [0.3, 0.4) is 0 Å². The molecule has 1 aliphatic heterocycles. The zero-order chi connectivity index (χ0) is 21.3. The maximum atomic E-state index is 12.5. The number of piperidine rings is 1. The van der Waals surface area contributed by atoms with Gasteiger partial charge in [-0.3, -0.25) is 4.79 Å². The van der Waals surface area contributed by atoms with Gasteiger partial charge in [0.15, 0.2) is 0 Å². The first-order valence-corrected chi connectivity index (χ1v) is 10.2. The van der Waals surface area contributed by atoms with Crippen molar-refractivity contribution in [3.63, 3.8) is 0 Å². The zero-order valence-corrected chi connectivity index (χ0v) is 18.2. The molecule has 1 N–H and O–H groups in total. The largest absolute Gasteiger partial charge is 0.450 e. The summed E-state index contributed by atoms with van der Waals surface area (Å²) in [6.07, 6.45) is 1.30. The number of ether oxygens (including phenoxy) is 2. The minimum Gasteiger partial charge on any atom is -0.450 e. The molecular formula is C20H37N3O5. The van der Waals surface area contributed by atoms with E-state index in [4.69, 9.17) is 9.47 Å². The molecule has 1 fully saturated rings. The molecule has 162 valence electrons. The first kappa shape index (κ1) is 24.0. The van der Waals surface area contributed by atoms with Gasteiger partial charge in [-0.15, -0.1) is 0 Å². The van der Waals surface area contributed by atoms with Crippen molar-refractivity contribution < 1.29 is 23.9 Å². The van der Waals surface area contributed by atoms with Crippen LogP contribution in [0.15, 0.2) is 0 Å². The molecular weight excluding hydrogens is 362 g/mol. The van der Waals surface area contributed by atoms with Gasteiger partial charge in [-0.2, -0.15) is 0 Å². The number of carbonyl (C=O) groups excluding carboxylic acids is 3. The Morgan fingerprint density at radius 3 is 2.50 bits per heavy atom. The molecule has 28 heavy (non-hydrogen) atoms. The lowest BCUT2D eigenvalue weighted by atomic mass is 9.96. The highest BCUT2D eigenvalue weighted by Gasteiger charge is 2.30.